The van der Waals surface area contributed by atoms with Crippen molar-refractivity contribution in [2.24, 2.45) is 5.73 Å². The predicted octanol–water partition coefficient (Wildman–Crippen LogP) is 0.633. The van der Waals surface area contributed by atoms with Gasteiger partial charge in [0, 0.05) is 16.8 Å². The minimum atomic E-state index is -0.768. The summed E-state index contributed by atoms with van der Waals surface area (Å²) >= 11 is 0. The lowest BCUT2D eigenvalue weighted by atomic mass is 9.90. The van der Waals surface area contributed by atoms with E-state index in [0.717, 1.165) is 0 Å². The van der Waals surface area contributed by atoms with Crippen LogP contribution < -0.4 is 5.73 Å². The molecule has 0 aromatic heterocycles. The van der Waals surface area contributed by atoms with Gasteiger partial charge in [-0.1, -0.05) is 0 Å². The van der Waals surface area contributed by atoms with E-state index in [9.17, 15) is 4.21 Å². The van der Waals surface area contributed by atoms with Gasteiger partial charge in [-0.2, -0.15) is 0 Å². The molecule has 0 atom stereocenters. The van der Waals surface area contributed by atoms with E-state index in [4.69, 9.17) is 5.73 Å². The van der Waals surface area contributed by atoms with Crippen molar-refractivity contribution in [2.45, 2.75) is 43.2 Å². The van der Waals surface area contributed by atoms with Gasteiger partial charge in [-0.25, -0.2) is 0 Å². The van der Waals surface area contributed by atoms with Crippen molar-refractivity contribution >= 4 is 10.8 Å². The summed E-state index contributed by atoms with van der Waals surface area (Å²) in [5, 5.41) is 0. The molecule has 60 valence electrons. The Morgan fingerprint density at radius 2 is 1.50 bits per heavy atom. The Balaban J connectivity index is 2.89. The normalized spacial score (nSPS) is 42.5. The van der Waals surface area contributed by atoms with Gasteiger partial charge >= 0.3 is 0 Å². The van der Waals surface area contributed by atoms with Crippen molar-refractivity contribution in [3.05, 3.63) is 0 Å². The standard InChI is InChI=1S/C7H15NOS/c1-6(2)5(8)7(3,4)10(6)9/h5H,8H2,1-4H3. The molecule has 0 unspecified atom stereocenters. The highest BCUT2D eigenvalue weighted by Crippen LogP contribution is 2.43. The van der Waals surface area contributed by atoms with Crippen LogP contribution in [0, 0.1) is 0 Å². The molecule has 0 aliphatic carbocycles. The van der Waals surface area contributed by atoms with Gasteiger partial charge in [-0.05, 0) is 27.7 Å². The van der Waals surface area contributed by atoms with Gasteiger partial charge in [0.05, 0.1) is 9.49 Å². The summed E-state index contributed by atoms with van der Waals surface area (Å²) in [7, 11) is -0.768. The molecule has 3 heteroatoms. The number of hydrogen-bond donors (Lipinski definition) is 1. The van der Waals surface area contributed by atoms with E-state index in [1.165, 1.54) is 0 Å². The van der Waals surface area contributed by atoms with Crippen molar-refractivity contribution < 1.29 is 4.21 Å². The highest BCUT2D eigenvalue weighted by atomic mass is 32.2. The zero-order chi connectivity index (χ0) is 8.15. The average Bonchev–Trinajstić information content (AvgIpc) is 1.84. The van der Waals surface area contributed by atoms with Gasteiger partial charge in [-0.15, -0.1) is 0 Å². The van der Waals surface area contributed by atoms with Crippen LogP contribution in [0.5, 0.6) is 0 Å². The van der Waals surface area contributed by atoms with Crippen LogP contribution in [0.3, 0.4) is 0 Å². The second-order valence-electron chi connectivity index (χ2n) is 3.95. The van der Waals surface area contributed by atoms with Gasteiger partial charge in [0.15, 0.2) is 0 Å². The molecule has 0 amide bonds. The summed E-state index contributed by atoms with van der Waals surface area (Å²) < 4.78 is 11.1. The molecule has 0 spiro atoms. The third-order valence-electron chi connectivity index (χ3n) is 2.45. The van der Waals surface area contributed by atoms with E-state index in [1.54, 1.807) is 0 Å². The monoisotopic (exact) mass is 161 g/mol. The minimum Gasteiger partial charge on any atom is -0.325 e. The summed E-state index contributed by atoms with van der Waals surface area (Å²) in [5.41, 5.74) is 5.83. The zero-order valence-electron chi connectivity index (χ0n) is 6.97. The smallest absolute Gasteiger partial charge is 0.0573 e. The number of hydrogen-bond acceptors (Lipinski definition) is 2. The molecule has 1 heterocycles. The topological polar surface area (TPSA) is 43.1 Å². The summed E-state index contributed by atoms with van der Waals surface area (Å²) in [4.78, 5) is 0. The van der Waals surface area contributed by atoms with Gasteiger partial charge in [0.25, 0.3) is 0 Å². The van der Waals surface area contributed by atoms with Crippen LogP contribution in [0.4, 0.5) is 0 Å². The maximum Gasteiger partial charge on any atom is 0.0573 e. The molecule has 1 fully saturated rings. The lowest BCUT2D eigenvalue weighted by Gasteiger charge is -2.54. The van der Waals surface area contributed by atoms with Crippen molar-refractivity contribution in [1.29, 1.82) is 0 Å². The van der Waals surface area contributed by atoms with Crippen LogP contribution in [0.2, 0.25) is 0 Å². The Morgan fingerprint density at radius 3 is 1.60 bits per heavy atom. The Morgan fingerprint density at radius 1 is 1.20 bits per heavy atom. The molecule has 1 saturated heterocycles. The fourth-order valence-corrected chi connectivity index (χ4v) is 3.91. The highest BCUT2D eigenvalue weighted by Gasteiger charge is 2.58. The van der Waals surface area contributed by atoms with E-state index >= 15 is 0 Å². The molecule has 0 bridgehead atoms. The van der Waals surface area contributed by atoms with Crippen molar-refractivity contribution in [1.82, 2.24) is 0 Å². The molecule has 0 saturated carbocycles. The quantitative estimate of drug-likeness (QED) is 0.566. The molecule has 0 aromatic rings. The molecule has 10 heavy (non-hydrogen) atoms. The molecular weight excluding hydrogens is 146 g/mol. The predicted molar refractivity (Wildman–Crippen MR) is 44.3 cm³/mol. The SMILES string of the molecule is CC1(C)C(N)C(C)(C)S1=O. The third-order valence-corrected chi connectivity index (χ3v) is 4.87. The first-order chi connectivity index (χ1) is 4.31. The molecule has 1 rings (SSSR count). The van der Waals surface area contributed by atoms with E-state index < -0.39 is 10.8 Å². The van der Waals surface area contributed by atoms with Gasteiger partial charge < -0.3 is 5.73 Å². The van der Waals surface area contributed by atoms with Crippen LogP contribution in [0.1, 0.15) is 27.7 Å². The van der Waals surface area contributed by atoms with Crippen LogP contribution >= 0.6 is 0 Å². The van der Waals surface area contributed by atoms with Gasteiger partial charge in [-0.3, -0.25) is 4.21 Å². The van der Waals surface area contributed by atoms with Crippen LogP contribution in [0.25, 0.3) is 0 Å². The summed E-state index contributed by atoms with van der Waals surface area (Å²) in [6, 6.07) is 0.0702. The fourth-order valence-electron chi connectivity index (χ4n) is 1.69. The molecule has 2 N–H and O–H groups in total. The molecule has 1 aliphatic heterocycles. The fraction of sp³-hybridized carbons (Fsp3) is 1.00. The van der Waals surface area contributed by atoms with Crippen molar-refractivity contribution in [2.75, 3.05) is 0 Å². The van der Waals surface area contributed by atoms with Gasteiger partial charge in [0.1, 0.15) is 0 Å². The van der Waals surface area contributed by atoms with E-state index in [0.29, 0.717) is 0 Å². The third kappa shape index (κ3) is 0.705. The Bertz CT molecular complexity index is 168. The minimum absolute atomic E-state index is 0.0702. The van der Waals surface area contributed by atoms with Crippen LogP contribution in [-0.2, 0) is 10.8 Å². The maximum atomic E-state index is 11.4. The van der Waals surface area contributed by atoms with E-state index in [1.807, 2.05) is 27.7 Å². The lowest BCUT2D eigenvalue weighted by molar-refractivity contribution is 0.365. The maximum absolute atomic E-state index is 11.4. The van der Waals surface area contributed by atoms with Crippen molar-refractivity contribution in [3.8, 4) is 0 Å². The average molecular weight is 161 g/mol. The second kappa shape index (κ2) is 1.83. The molecule has 0 radical (unpaired) electrons. The highest BCUT2D eigenvalue weighted by molar-refractivity contribution is 7.89. The summed E-state index contributed by atoms with van der Waals surface area (Å²) in [5.74, 6) is 0. The van der Waals surface area contributed by atoms with E-state index in [2.05, 4.69) is 0 Å². The molecule has 2 nitrogen and oxygen atoms in total. The number of rotatable bonds is 0. The summed E-state index contributed by atoms with van der Waals surface area (Å²) in [6.07, 6.45) is 0. The lowest BCUT2D eigenvalue weighted by Crippen LogP contribution is -2.73. The Labute approximate surface area is 64.6 Å². The summed E-state index contributed by atoms with van der Waals surface area (Å²) in [6.45, 7) is 7.83. The van der Waals surface area contributed by atoms with Gasteiger partial charge in [0.2, 0.25) is 0 Å². The first-order valence-electron chi connectivity index (χ1n) is 3.49. The first-order valence-corrected chi connectivity index (χ1v) is 4.64. The Hall–Kier alpha value is 0.110. The van der Waals surface area contributed by atoms with Crippen molar-refractivity contribution in [3.63, 3.8) is 0 Å². The molecule has 1 aliphatic rings. The van der Waals surface area contributed by atoms with Crippen LogP contribution in [-0.4, -0.2) is 19.7 Å². The first kappa shape index (κ1) is 8.21. The molecule has 0 aromatic carbocycles. The second-order valence-corrected chi connectivity index (χ2v) is 6.60. The zero-order valence-corrected chi connectivity index (χ0v) is 7.79. The largest absolute Gasteiger partial charge is 0.325 e. The Kier molecular flexibility index (Phi) is 1.50. The van der Waals surface area contributed by atoms with Crippen LogP contribution in [0.15, 0.2) is 0 Å². The molecular formula is C7H15NOS. The van der Waals surface area contributed by atoms with E-state index in [-0.39, 0.29) is 15.5 Å². The number of nitrogens with two attached hydrogens (primary N) is 1.